The van der Waals surface area contributed by atoms with E-state index in [1.54, 1.807) is 18.5 Å². The molecule has 2 N–H and O–H groups in total. The highest BCUT2D eigenvalue weighted by molar-refractivity contribution is 5.91. The largest absolute Gasteiger partial charge is 0.481 e. The minimum Gasteiger partial charge on any atom is -0.481 e. The number of aromatic nitrogens is 3. The van der Waals surface area contributed by atoms with Crippen molar-refractivity contribution in [2.75, 3.05) is 13.1 Å². The number of aliphatic carboxylic acids is 1. The van der Waals surface area contributed by atoms with Crippen molar-refractivity contribution in [2.45, 2.75) is 31.7 Å². The summed E-state index contributed by atoms with van der Waals surface area (Å²) in [5.74, 6) is -0.986. The number of pyridine rings is 1. The van der Waals surface area contributed by atoms with Gasteiger partial charge in [0.2, 0.25) is 23.5 Å². The number of carbonyl (C=O) groups is 3. The first-order valence-corrected chi connectivity index (χ1v) is 8.56. The van der Waals surface area contributed by atoms with Crippen LogP contribution in [0.5, 0.6) is 0 Å². The van der Waals surface area contributed by atoms with Crippen molar-refractivity contribution in [3.05, 3.63) is 30.4 Å². The Morgan fingerprint density at radius 3 is 3.00 bits per heavy atom. The Hall–Kier alpha value is -3.30. The molecule has 10 heteroatoms. The van der Waals surface area contributed by atoms with Gasteiger partial charge in [0.05, 0.1) is 6.42 Å². The fourth-order valence-corrected chi connectivity index (χ4v) is 2.88. The SMILES string of the molecule is O=C(O)C[C@@H]1C(=O)NCCN1C(=O)CCCc1nc(-c2cccnc2)no1. The van der Waals surface area contributed by atoms with Gasteiger partial charge in [-0.2, -0.15) is 4.98 Å². The molecule has 0 aliphatic carbocycles. The molecular formula is C17H19N5O5. The lowest BCUT2D eigenvalue weighted by Gasteiger charge is -2.34. The number of nitrogens with zero attached hydrogens (tertiary/aromatic N) is 4. The van der Waals surface area contributed by atoms with E-state index in [1.807, 2.05) is 6.07 Å². The summed E-state index contributed by atoms with van der Waals surface area (Å²) in [4.78, 5) is 44.9. The third-order valence-electron chi connectivity index (χ3n) is 4.19. The second-order valence-corrected chi connectivity index (χ2v) is 6.10. The number of carbonyl (C=O) groups excluding carboxylic acids is 2. The van der Waals surface area contributed by atoms with E-state index in [1.165, 1.54) is 4.90 Å². The Bertz CT molecular complexity index is 822. The van der Waals surface area contributed by atoms with Gasteiger partial charge >= 0.3 is 5.97 Å². The molecule has 0 unspecified atom stereocenters. The van der Waals surface area contributed by atoms with E-state index in [2.05, 4.69) is 20.4 Å². The predicted octanol–water partition coefficient (Wildman–Crippen LogP) is 0.256. The van der Waals surface area contributed by atoms with Crippen LogP contribution in [0.3, 0.4) is 0 Å². The van der Waals surface area contributed by atoms with Gasteiger partial charge in [0.1, 0.15) is 6.04 Å². The van der Waals surface area contributed by atoms with E-state index in [4.69, 9.17) is 9.63 Å². The first-order chi connectivity index (χ1) is 13.0. The Kier molecular flexibility index (Phi) is 5.74. The maximum Gasteiger partial charge on any atom is 0.305 e. The lowest BCUT2D eigenvalue weighted by atomic mass is 10.1. The number of piperazine rings is 1. The maximum atomic E-state index is 12.4. The van der Waals surface area contributed by atoms with E-state index in [9.17, 15) is 14.4 Å². The highest BCUT2D eigenvalue weighted by atomic mass is 16.5. The number of aryl methyl sites for hydroxylation is 1. The molecule has 0 aromatic carbocycles. The van der Waals surface area contributed by atoms with Crippen molar-refractivity contribution in [1.82, 2.24) is 25.3 Å². The summed E-state index contributed by atoms with van der Waals surface area (Å²) in [7, 11) is 0. The van der Waals surface area contributed by atoms with Crippen LogP contribution in [-0.2, 0) is 20.8 Å². The zero-order chi connectivity index (χ0) is 19.2. The normalized spacial score (nSPS) is 16.8. The summed E-state index contributed by atoms with van der Waals surface area (Å²) in [6.45, 7) is 0.618. The molecule has 3 heterocycles. The zero-order valence-corrected chi connectivity index (χ0v) is 14.5. The second-order valence-electron chi connectivity index (χ2n) is 6.10. The molecular weight excluding hydrogens is 354 g/mol. The number of carboxylic acids is 1. The topological polar surface area (TPSA) is 139 Å². The van der Waals surface area contributed by atoms with Crippen LogP contribution < -0.4 is 5.32 Å². The highest BCUT2D eigenvalue weighted by Crippen LogP contribution is 2.16. The van der Waals surface area contributed by atoms with Crippen LogP contribution in [0.2, 0.25) is 0 Å². The second kappa shape index (κ2) is 8.39. The lowest BCUT2D eigenvalue weighted by molar-refractivity contribution is -0.148. The summed E-state index contributed by atoms with van der Waals surface area (Å²) >= 11 is 0. The summed E-state index contributed by atoms with van der Waals surface area (Å²) in [6.07, 6.45) is 3.88. The van der Waals surface area contributed by atoms with Gasteiger partial charge in [-0.15, -0.1) is 0 Å². The van der Waals surface area contributed by atoms with E-state index in [-0.39, 0.29) is 12.3 Å². The van der Waals surface area contributed by atoms with E-state index >= 15 is 0 Å². The van der Waals surface area contributed by atoms with Crippen molar-refractivity contribution >= 4 is 17.8 Å². The molecule has 10 nitrogen and oxygen atoms in total. The van der Waals surface area contributed by atoms with Gasteiger partial charge in [-0.1, -0.05) is 5.16 Å². The van der Waals surface area contributed by atoms with Crippen molar-refractivity contribution < 1.29 is 24.0 Å². The van der Waals surface area contributed by atoms with Crippen molar-refractivity contribution in [2.24, 2.45) is 0 Å². The number of carboxylic acid groups (broad SMARTS) is 1. The smallest absolute Gasteiger partial charge is 0.305 e. The molecule has 0 spiro atoms. The molecule has 27 heavy (non-hydrogen) atoms. The average molecular weight is 373 g/mol. The van der Waals surface area contributed by atoms with Gasteiger partial charge in [0.25, 0.3) is 0 Å². The van der Waals surface area contributed by atoms with Crippen LogP contribution in [0.25, 0.3) is 11.4 Å². The standard InChI is InChI=1S/C17H19N5O5/c23-14(22-8-7-19-17(26)12(22)9-15(24)25)5-1-4-13-20-16(21-27-13)11-3-2-6-18-10-11/h2-3,6,10,12H,1,4-5,7-9H2,(H,19,26)(H,24,25)/t12-/m1/s1. The number of hydrogen-bond acceptors (Lipinski definition) is 7. The van der Waals surface area contributed by atoms with Gasteiger partial charge in [-0.3, -0.25) is 19.4 Å². The molecule has 2 aromatic heterocycles. The summed E-state index contributed by atoms with van der Waals surface area (Å²) in [5.41, 5.74) is 0.736. The molecule has 142 valence electrons. The van der Waals surface area contributed by atoms with Crippen LogP contribution in [-0.4, -0.2) is 62.0 Å². The number of hydrogen-bond donors (Lipinski definition) is 2. The minimum atomic E-state index is -1.12. The Balaban J connectivity index is 1.54. The number of amides is 2. The van der Waals surface area contributed by atoms with Crippen LogP contribution in [0, 0.1) is 0 Å². The molecule has 2 aromatic rings. The average Bonchev–Trinajstić information content (AvgIpc) is 3.12. The third kappa shape index (κ3) is 4.66. The van der Waals surface area contributed by atoms with Gasteiger partial charge in [-0.05, 0) is 18.6 Å². The van der Waals surface area contributed by atoms with Gasteiger partial charge < -0.3 is 19.8 Å². The summed E-state index contributed by atoms with van der Waals surface area (Å²) in [5, 5.41) is 15.4. The number of nitrogens with one attached hydrogen (secondary N) is 1. The van der Waals surface area contributed by atoms with Crippen LogP contribution in [0.15, 0.2) is 29.0 Å². The van der Waals surface area contributed by atoms with Crippen molar-refractivity contribution in [3.63, 3.8) is 0 Å². The fourth-order valence-electron chi connectivity index (χ4n) is 2.88. The van der Waals surface area contributed by atoms with Gasteiger partial charge in [-0.25, -0.2) is 0 Å². The molecule has 0 radical (unpaired) electrons. The third-order valence-corrected chi connectivity index (χ3v) is 4.19. The molecule has 3 rings (SSSR count). The van der Waals surface area contributed by atoms with E-state index < -0.39 is 24.3 Å². The molecule has 2 amide bonds. The van der Waals surface area contributed by atoms with Gasteiger partial charge in [0.15, 0.2) is 0 Å². The molecule has 0 saturated carbocycles. The van der Waals surface area contributed by atoms with Crippen LogP contribution >= 0.6 is 0 Å². The Morgan fingerprint density at radius 1 is 1.41 bits per heavy atom. The quantitative estimate of drug-likeness (QED) is 0.704. The van der Waals surface area contributed by atoms with Crippen LogP contribution in [0.1, 0.15) is 25.2 Å². The van der Waals surface area contributed by atoms with Crippen molar-refractivity contribution in [3.8, 4) is 11.4 Å². The molecule has 1 atom stereocenters. The molecule has 0 bridgehead atoms. The molecule has 1 fully saturated rings. The summed E-state index contributed by atoms with van der Waals surface area (Å²) in [6, 6.07) is 2.62. The monoisotopic (exact) mass is 373 g/mol. The predicted molar refractivity (Wildman–Crippen MR) is 91.2 cm³/mol. The molecule has 1 aliphatic heterocycles. The van der Waals surface area contributed by atoms with Crippen molar-refractivity contribution in [1.29, 1.82) is 0 Å². The van der Waals surface area contributed by atoms with E-state index in [0.29, 0.717) is 37.6 Å². The minimum absolute atomic E-state index is 0.161. The van der Waals surface area contributed by atoms with Gasteiger partial charge in [0, 0.05) is 43.9 Å². The number of rotatable bonds is 7. The summed E-state index contributed by atoms with van der Waals surface area (Å²) < 4.78 is 5.18. The van der Waals surface area contributed by atoms with E-state index in [0.717, 1.165) is 5.56 Å². The first-order valence-electron chi connectivity index (χ1n) is 8.56. The molecule has 1 saturated heterocycles. The Labute approximate surface area is 154 Å². The molecule has 1 aliphatic rings. The first kappa shape index (κ1) is 18.5. The fraction of sp³-hybridized carbons (Fsp3) is 0.412. The maximum absolute atomic E-state index is 12.4. The Morgan fingerprint density at radius 2 is 2.26 bits per heavy atom. The van der Waals surface area contributed by atoms with Crippen LogP contribution in [0.4, 0.5) is 0 Å². The lowest BCUT2D eigenvalue weighted by Crippen LogP contribution is -2.57. The highest BCUT2D eigenvalue weighted by Gasteiger charge is 2.34. The zero-order valence-electron chi connectivity index (χ0n) is 14.5.